The van der Waals surface area contributed by atoms with E-state index >= 15 is 0 Å². The van der Waals surface area contributed by atoms with Crippen LogP contribution >= 0.6 is 11.6 Å². The van der Waals surface area contributed by atoms with Crippen LogP contribution in [0, 0.1) is 13.8 Å². The number of nitrogens with zero attached hydrogens (tertiary/aromatic N) is 2. The van der Waals surface area contributed by atoms with Crippen molar-refractivity contribution in [2.75, 3.05) is 5.32 Å². The molecule has 2 aromatic heterocycles. The molecule has 1 N–H and O–H groups in total. The lowest BCUT2D eigenvalue weighted by Gasteiger charge is -2.09. The van der Waals surface area contributed by atoms with Crippen molar-refractivity contribution in [3.63, 3.8) is 0 Å². The molecule has 0 spiro atoms. The second kappa shape index (κ2) is 6.05. The molecule has 23 heavy (non-hydrogen) atoms. The third-order valence-electron chi connectivity index (χ3n) is 3.96. The van der Waals surface area contributed by atoms with Crippen LogP contribution in [0.5, 0.6) is 0 Å². The summed E-state index contributed by atoms with van der Waals surface area (Å²) in [5, 5.41) is 4.54. The Morgan fingerprint density at radius 2 is 2.04 bits per heavy atom. The van der Waals surface area contributed by atoms with Crippen molar-refractivity contribution in [2.24, 2.45) is 0 Å². The fourth-order valence-corrected chi connectivity index (χ4v) is 3.01. The van der Waals surface area contributed by atoms with Crippen LogP contribution in [0.15, 0.2) is 36.5 Å². The Kier molecular flexibility index (Phi) is 4.09. The summed E-state index contributed by atoms with van der Waals surface area (Å²) in [5.74, 6) is 0.388. The molecule has 1 aromatic carbocycles. The van der Waals surface area contributed by atoms with Gasteiger partial charge in [0, 0.05) is 28.7 Å². The molecule has 0 fully saturated rings. The van der Waals surface area contributed by atoms with Crippen molar-refractivity contribution in [1.82, 2.24) is 9.55 Å². The molecule has 0 aliphatic carbocycles. The summed E-state index contributed by atoms with van der Waals surface area (Å²) in [5.41, 5.74) is 3.63. The fraction of sp³-hybridized carbons (Fsp3) is 0.222. The Labute approximate surface area is 140 Å². The average molecular weight is 328 g/mol. The number of hydrogen-bond donors (Lipinski definition) is 1. The Hall–Kier alpha value is -2.33. The van der Waals surface area contributed by atoms with Crippen LogP contribution in [0.3, 0.4) is 0 Å². The molecular weight excluding hydrogens is 310 g/mol. The third kappa shape index (κ3) is 2.82. The van der Waals surface area contributed by atoms with Crippen molar-refractivity contribution in [2.45, 2.75) is 27.3 Å². The van der Waals surface area contributed by atoms with Crippen molar-refractivity contribution < 1.29 is 4.79 Å². The summed E-state index contributed by atoms with van der Waals surface area (Å²) in [4.78, 5) is 17.0. The molecule has 3 rings (SSSR count). The molecule has 118 valence electrons. The maximum atomic E-state index is 12.7. The maximum absolute atomic E-state index is 12.7. The second-order valence-electron chi connectivity index (χ2n) is 5.55. The van der Waals surface area contributed by atoms with Crippen LogP contribution in [-0.2, 0) is 6.54 Å². The molecule has 0 saturated heterocycles. The van der Waals surface area contributed by atoms with Gasteiger partial charge in [-0.15, -0.1) is 0 Å². The van der Waals surface area contributed by atoms with Gasteiger partial charge >= 0.3 is 0 Å². The van der Waals surface area contributed by atoms with Gasteiger partial charge < -0.3 is 9.88 Å². The Bertz CT molecular complexity index is 881. The molecule has 4 nitrogen and oxygen atoms in total. The summed E-state index contributed by atoms with van der Waals surface area (Å²) >= 11 is 6.10. The van der Waals surface area contributed by atoms with Gasteiger partial charge in [-0.2, -0.15) is 0 Å². The van der Waals surface area contributed by atoms with Gasteiger partial charge in [-0.25, -0.2) is 4.98 Å². The molecule has 0 unspecified atom stereocenters. The number of halogens is 1. The number of carbonyl (C=O) groups excluding carboxylic acids is 1. The predicted molar refractivity (Wildman–Crippen MR) is 94.3 cm³/mol. The summed E-state index contributed by atoms with van der Waals surface area (Å²) in [6, 6.07) is 9.43. The number of benzene rings is 1. The highest BCUT2D eigenvalue weighted by atomic mass is 35.5. The first-order valence-corrected chi connectivity index (χ1v) is 7.91. The van der Waals surface area contributed by atoms with Gasteiger partial charge in [0.1, 0.15) is 11.5 Å². The zero-order chi connectivity index (χ0) is 16.6. The highest BCUT2D eigenvalue weighted by molar-refractivity contribution is 6.31. The Morgan fingerprint density at radius 3 is 2.70 bits per heavy atom. The zero-order valence-corrected chi connectivity index (χ0v) is 14.1. The number of hydrogen-bond acceptors (Lipinski definition) is 2. The normalized spacial score (nSPS) is 11.0. The minimum absolute atomic E-state index is 0.159. The summed E-state index contributed by atoms with van der Waals surface area (Å²) in [6.07, 6.45) is 1.73. The van der Waals surface area contributed by atoms with E-state index in [1.54, 1.807) is 12.3 Å². The number of pyridine rings is 1. The summed E-state index contributed by atoms with van der Waals surface area (Å²) in [7, 11) is 0. The quantitative estimate of drug-likeness (QED) is 0.765. The molecule has 0 saturated carbocycles. The Balaban J connectivity index is 2.06. The number of aryl methyl sites for hydroxylation is 3. The van der Waals surface area contributed by atoms with Crippen molar-refractivity contribution >= 4 is 34.2 Å². The van der Waals surface area contributed by atoms with Gasteiger partial charge in [-0.05, 0) is 56.2 Å². The SMILES string of the molecule is CCn1c(C(=O)Nc2ccc(C)cn2)c(C)c2cc(Cl)ccc21. The number of aromatic nitrogens is 2. The van der Waals surface area contributed by atoms with Gasteiger partial charge in [0.25, 0.3) is 5.91 Å². The van der Waals surface area contributed by atoms with Crippen LogP contribution in [0.25, 0.3) is 10.9 Å². The first kappa shape index (κ1) is 15.6. The number of fused-ring (bicyclic) bond motifs is 1. The van der Waals surface area contributed by atoms with Gasteiger partial charge in [-0.3, -0.25) is 4.79 Å². The lowest BCUT2D eigenvalue weighted by atomic mass is 10.1. The molecule has 5 heteroatoms. The molecule has 0 atom stereocenters. The molecular formula is C18H18ClN3O. The molecule has 1 amide bonds. The number of amides is 1. The predicted octanol–water partition coefficient (Wildman–Crippen LogP) is 4.58. The van der Waals surface area contributed by atoms with E-state index < -0.39 is 0 Å². The van der Waals surface area contributed by atoms with Crippen molar-refractivity contribution in [1.29, 1.82) is 0 Å². The van der Waals surface area contributed by atoms with Gasteiger partial charge in [-0.1, -0.05) is 17.7 Å². The van der Waals surface area contributed by atoms with E-state index in [9.17, 15) is 4.79 Å². The average Bonchev–Trinajstić information content (AvgIpc) is 2.81. The van der Waals surface area contributed by atoms with Gasteiger partial charge in [0.05, 0.1) is 0 Å². The van der Waals surface area contributed by atoms with Crippen LogP contribution in [0.1, 0.15) is 28.5 Å². The van der Waals surface area contributed by atoms with E-state index in [1.807, 2.05) is 49.6 Å². The first-order valence-electron chi connectivity index (χ1n) is 7.53. The molecule has 0 aliphatic rings. The van der Waals surface area contributed by atoms with Crippen LogP contribution in [-0.4, -0.2) is 15.5 Å². The molecule has 0 bridgehead atoms. The van der Waals surface area contributed by atoms with Crippen LogP contribution < -0.4 is 5.32 Å². The fourth-order valence-electron chi connectivity index (χ4n) is 2.83. The summed E-state index contributed by atoms with van der Waals surface area (Å²) < 4.78 is 2.00. The van der Waals surface area contributed by atoms with Crippen LogP contribution in [0.4, 0.5) is 5.82 Å². The van der Waals surface area contributed by atoms with Gasteiger partial charge in [0.15, 0.2) is 0 Å². The largest absolute Gasteiger partial charge is 0.337 e. The minimum atomic E-state index is -0.159. The summed E-state index contributed by atoms with van der Waals surface area (Å²) in [6.45, 7) is 6.63. The monoisotopic (exact) mass is 327 g/mol. The standard InChI is InChI=1S/C18H18ClN3O/c1-4-22-15-7-6-13(19)9-14(15)12(3)17(22)18(23)21-16-8-5-11(2)10-20-16/h5-10H,4H2,1-3H3,(H,20,21,23). The first-order chi connectivity index (χ1) is 11.0. The molecule has 3 aromatic rings. The molecule has 0 radical (unpaired) electrons. The number of carbonyl (C=O) groups is 1. The van der Waals surface area contributed by atoms with E-state index in [2.05, 4.69) is 10.3 Å². The van der Waals surface area contributed by atoms with E-state index in [-0.39, 0.29) is 5.91 Å². The lowest BCUT2D eigenvalue weighted by molar-refractivity contribution is 0.101. The number of anilines is 1. The topological polar surface area (TPSA) is 46.9 Å². The number of nitrogens with one attached hydrogen (secondary N) is 1. The second-order valence-corrected chi connectivity index (χ2v) is 5.99. The highest BCUT2D eigenvalue weighted by Gasteiger charge is 2.20. The molecule has 2 heterocycles. The van der Waals surface area contributed by atoms with E-state index in [4.69, 9.17) is 11.6 Å². The Morgan fingerprint density at radius 1 is 1.26 bits per heavy atom. The third-order valence-corrected chi connectivity index (χ3v) is 4.20. The van der Waals surface area contributed by atoms with Gasteiger partial charge in [0.2, 0.25) is 0 Å². The van der Waals surface area contributed by atoms with Crippen molar-refractivity contribution in [3.05, 3.63) is 58.4 Å². The number of rotatable bonds is 3. The minimum Gasteiger partial charge on any atom is -0.337 e. The zero-order valence-electron chi connectivity index (χ0n) is 13.4. The van der Waals surface area contributed by atoms with E-state index in [0.717, 1.165) is 22.0 Å². The smallest absolute Gasteiger partial charge is 0.273 e. The molecule has 0 aliphatic heterocycles. The maximum Gasteiger partial charge on any atom is 0.273 e. The van der Waals surface area contributed by atoms with Crippen molar-refractivity contribution in [3.8, 4) is 0 Å². The highest BCUT2D eigenvalue weighted by Crippen LogP contribution is 2.28. The lowest BCUT2D eigenvalue weighted by Crippen LogP contribution is -2.18. The van der Waals surface area contributed by atoms with Crippen LogP contribution in [0.2, 0.25) is 5.02 Å². The van der Waals surface area contributed by atoms with E-state index in [0.29, 0.717) is 23.1 Å². The van der Waals surface area contributed by atoms with E-state index in [1.165, 1.54) is 0 Å².